The summed E-state index contributed by atoms with van der Waals surface area (Å²) in [5.74, 6) is -0.393. The molecule has 1 aromatic rings. The lowest BCUT2D eigenvalue weighted by atomic mass is 10.2. The minimum atomic E-state index is -0.660. The number of rotatable bonds is 3. The normalized spacial score (nSPS) is 10.4. The minimum Gasteiger partial charge on any atom is -0.502 e. The monoisotopic (exact) mass is 196 g/mol. The van der Waals surface area contributed by atoms with Gasteiger partial charge in [-0.25, -0.2) is 0 Å². The number of hydrogen-bond acceptors (Lipinski definition) is 5. The van der Waals surface area contributed by atoms with Gasteiger partial charge in [-0.1, -0.05) is 5.16 Å². The highest BCUT2D eigenvalue weighted by molar-refractivity contribution is 5.80. The van der Waals surface area contributed by atoms with Crippen LogP contribution >= 0.6 is 0 Å². The van der Waals surface area contributed by atoms with Gasteiger partial charge in [0.1, 0.15) is 7.11 Å². The Morgan fingerprint density at radius 1 is 1.64 bits per heavy atom. The van der Waals surface area contributed by atoms with Crippen LogP contribution in [0.15, 0.2) is 23.4 Å². The molecule has 14 heavy (non-hydrogen) atoms. The van der Waals surface area contributed by atoms with Gasteiger partial charge < -0.3 is 9.94 Å². The molecule has 0 unspecified atom stereocenters. The van der Waals surface area contributed by atoms with Crippen LogP contribution < -0.4 is 0 Å². The van der Waals surface area contributed by atoms with Gasteiger partial charge in [-0.2, -0.15) is 0 Å². The number of nitro groups is 1. The molecule has 1 N–H and O–H groups in total. The van der Waals surface area contributed by atoms with Crippen LogP contribution in [0.5, 0.6) is 5.75 Å². The summed E-state index contributed by atoms with van der Waals surface area (Å²) in [5, 5.41) is 23.0. The van der Waals surface area contributed by atoms with Crippen molar-refractivity contribution in [1.82, 2.24) is 0 Å². The molecule has 0 fully saturated rings. The molecular weight excluding hydrogens is 188 g/mol. The fourth-order valence-electron chi connectivity index (χ4n) is 0.889. The average Bonchev–Trinajstić information content (AvgIpc) is 2.14. The van der Waals surface area contributed by atoms with Gasteiger partial charge in [0.2, 0.25) is 0 Å². The van der Waals surface area contributed by atoms with Gasteiger partial charge in [0, 0.05) is 11.6 Å². The molecule has 0 aliphatic rings. The lowest BCUT2D eigenvalue weighted by Gasteiger charge is -1.96. The van der Waals surface area contributed by atoms with Gasteiger partial charge in [-0.05, 0) is 12.1 Å². The van der Waals surface area contributed by atoms with Crippen molar-refractivity contribution in [2.45, 2.75) is 0 Å². The number of oxime groups is 1. The Kier molecular flexibility index (Phi) is 3.01. The number of hydrogen-bond donors (Lipinski definition) is 1. The van der Waals surface area contributed by atoms with Crippen LogP contribution in [-0.2, 0) is 4.84 Å². The molecule has 74 valence electrons. The standard InChI is InChI=1S/C8H8N2O4/c1-14-9-5-6-2-3-7(10(12)13)8(11)4-6/h2-5,11H,1H3. The van der Waals surface area contributed by atoms with Gasteiger partial charge in [0.25, 0.3) is 0 Å². The summed E-state index contributed by atoms with van der Waals surface area (Å²) >= 11 is 0. The molecule has 0 atom stereocenters. The Hall–Kier alpha value is -2.11. The molecule has 0 radical (unpaired) electrons. The maximum atomic E-state index is 10.3. The lowest BCUT2D eigenvalue weighted by molar-refractivity contribution is -0.385. The highest BCUT2D eigenvalue weighted by atomic mass is 16.6. The molecule has 0 aromatic heterocycles. The molecule has 1 rings (SSSR count). The van der Waals surface area contributed by atoms with Crippen LogP contribution in [0.4, 0.5) is 5.69 Å². The van der Waals surface area contributed by atoms with Gasteiger partial charge in [0.05, 0.1) is 11.1 Å². The number of nitro benzene ring substituents is 1. The number of phenolic OH excluding ortho intramolecular Hbond substituents is 1. The second-order valence-electron chi connectivity index (χ2n) is 2.42. The Bertz CT molecular complexity index is 376. The van der Waals surface area contributed by atoms with E-state index in [9.17, 15) is 15.2 Å². The first kappa shape index (κ1) is 9.97. The third-order valence-corrected chi connectivity index (χ3v) is 1.50. The molecule has 0 bridgehead atoms. The fraction of sp³-hybridized carbons (Fsp3) is 0.125. The van der Waals surface area contributed by atoms with Crippen LogP contribution in [0.3, 0.4) is 0 Å². The van der Waals surface area contributed by atoms with Gasteiger partial charge in [-0.15, -0.1) is 0 Å². The second-order valence-corrected chi connectivity index (χ2v) is 2.42. The van der Waals surface area contributed by atoms with Crippen LogP contribution in [-0.4, -0.2) is 23.4 Å². The molecule has 0 heterocycles. The maximum absolute atomic E-state index is 10.3. The topological polar surface area (TPSA) is 85.0 Å². The minimum absolute atomic E-state index is 0.334. The highest BCUT2D eigenvalue weighted by Gasteiger charge is 2.11. The average molecular weight is 196 g/mol. The van der Waals surface area contributed by atoms with E-state index in [1.165, 1.54) is 31.5 Å². The van der Waals surface area contributed by atoms with Crippen molar-refractivity contribution in [2.24, 2.45) is 5.16 Å². The van der Waals surface area contributed by atoms with E-state index in [0.29, 0.717) is 5.56 Å². The Balaban J connectivity index is 3.00. The Labute approximate surface area is 79.6 Å². The van der Waals surface area contributed by atoms with Gasteiger partial charge >= 0.3 is 5.69 Å². The molecule has 0 aliphatic carbocycles. The first-order chi connectivity index (χ1) is 6.65. The quantitative estimate of drug-likeness (QED) is 0.448. The molecule has 6 nitrogen and oxygen atoms in total. The van der Waals surface area contributed by atoms with Crippen LogP contribution in [0.2, 0.25) is 0 Å². The summed E-state index contributed by atoms with van der Waals surface area (Å²) < 4.78 is 0. The summed E-state index contributed by atoms with van der Waals surface area (Å²) in [6.07, 6.45) is 1.34. The summed E-state index contributed by atoms with van der Waals surface area (Å²) in [7, 11) is 1.38. The van der Waals surface area contributed by atoms with E-state index in [-0.39, 0.29) is 5.69 Å². The predicted octanol–water partition coefficient (Wildman–Crippen LogP) is 1.28. The van der Waals surface area contributed by atoms with E-state index in [4.69, 9.17) is 0 Å². The van der Waals surface area contributed by atoms with Gasteiger partial charge in [-0.3, -0.25) is 10.1 Å². The zero-order chi connectivity index (χ0) is 10.6. The largest absolute Gasteiger partial charge is 0.502 e. The van der Waals surface area contributed by atoms with Gasteiger partial charge in [0.15, 0.2) is 5.75 Å². The number of benzene rings is 1. The molecule has 1 aromatic carbocycles. The van der Waals surface area contributed by atoms with Crippen LogP contribution in [0, 0.1) is 10.1 Å². The van der Waals surface area contributed by atoms with E-state index in [1.54, 1.807) is 0 Å². The Morgan fingerprint density at radius 3 is 2.86 bits per heavy atom. The molecule has 0 saturated heterocycles. The zero-order valence-electron chi connectivity index (χ0n) is 7.38. The van der Waals surface area contributed by atoms with Crippen molar-refractivity contribution in [2.75, 3.05) is 7.11 Å². The Morgan fingerprint density at radius 2 is 2.36 bits per heavy atom. The van der Waals surface area contributed by atoms with E-state index in [2.05, 4.69) is 9.99 Å². The maximum Gasteiger partial charge on any atom is 0.310 e. The lowest BCUT2D eigenvalue weighted by Crippen LogP contribution is -1.90. The van der Waals surface area contributed by atoms with Crippen molar-refractivity contribution in [3.8, 4) is 5.75 Å². The summed E-state index contributed by atoms with van der Waals surface area (Å²) in [5.41, 5.74) is 0.189. The molecule has 6 heteroatoms. The van der Waals surface area contributed by atoms with E-state index < -0.39 is 10.7 Å². The third kappa shape index (κ3) is 2.19. The zero-order valence-corrected chi connectivity index (χ0v) is 7.38. The SMILES string of the molecule is CON=Cc1ccc([N+](=O)[O-])c(O)c1. The fourth-order valence-corrected chi connectivity index (χ4v) is 0.889. The third-order valence-electron chi connectivity index (χ3n) is 1.50. The van der Waals surface area contributed by atoms with Crippen molar-refractivity contribution in [3.05, 3.63) is 33.9 Å². The molecule has 0 amide bonds. The van der Waals surface area contributed by atoms with Crippen molar-refractivity contribution >= 4 is 11.9 Å². The molecule has 0 saturated carbocycles. The van der Waals surface area contributed by atoms with Crippen molar-refractivity contribution in [3.63, 3.8) is 0 Å². The molecular formula is C8H8N2O4. The van der Waals surface area contributed by atoms with E-state index in [0.717, 1.165) is 0 Å². The number of phenols is 1. The van der Waals surface area contributed by atoms with Crippen LogP contribution in [0.1, 0.15) is 5.56 Å². The van der Waals surface area contributed by atoms with Crippen molar-refractivity contribution in [1.29, 1.82) is 0 Å². The van der Waals surface area contributed by atoms with E-state index in [1.807, 2.05) is 0 Å². The predicted molar refractivity (Wildman–Crippen MR) is 49.4 cm³/mol. The summed E-state index contributed by atoms with van der Waals surface area (Å²) in [6.45, 7) is 0. The summed E-state index contributed by atoms with van der Waals surface area (Å²) in [4.78, 5) is 14.1. The smallest absolute Gasteiger partial charge is 0.310 e. The first-order valence-corrected chi connectivity index (χ1v) is 3.69. The summed E-state index contributed by atoms with van der Waals surface area (Å²) in [6, 6.07) is 3.90. The van der Waals surface area contributed by atoms with Crippen LogP contribution in [0.25, 0.3) is 0 Å². The number of aromatic hydroxyl groups is 1. The molecule has 0 spiro atoms. The second kappa shape index (κ2) is 4.22. The van der Waals surface area contributed by atoms with Crippen molar-refractivity contribution < 1.29 is 14.9 Å². The van der Waals surface area contributed by atoms with E-state index >= 15 is 0 Å². The molecule has 0 aliphatic heterocycles. The highest BCUT2D eigenvalue weighted by Crippen LogP contribution is 2.25. The number of nitrogens with zero attached hydrogens (tertiary/aromatic N) is 2. The first-order valence-electron chi connectivity index (χ1n) is 3.69.